The van der Waals surface area contributed by atoms with Crippen molar-refractivity contribution in [1.29, 1.82) is 0 Å². The Morgan fingerprint density at radius 2 is 0.684 bits per heavy atom. The van der Waals surface area contributed by atoms with Gasteiger partial charge in [0.15, 0.2) is 34.9 Å². The number of amides is 3. The van der Waals surface area contributed by atoms with Gasteiger partial charge in [-0.3, -0.25) is 44.2 Å². The van der Waals surface area contributed by atoms with Gasteiger partial charge in [0.1, 0.15) is 37.3 Å². The van der Waals surface area contributed by atoms with Crippen LogP contribution in [0.4, 0.5) is 58.2 Å². The molecule has 6 aromatic carbocycles. The molecule has 3 heterocycles. The van der Waals surface area contributed by atoms with Gasteiger partial charge in [-0.15, -0.1) is 0 Å². The number of ether oxygens (including phenoxy) is 3. The molecule has 3 aromatic heterocycles. The van der Waals surface area contributed by atoms with Crippen molar-refractivity contribution in [2.24, 2.45) is 0 Å². The molecule has 0 fully saturated rings. The van der Waals surface area contributed by atoms with E-state index in [1.54, 1.807) is 72.6 Å². The summed E-state index contributed by atoms with van der Waals surface area (Å²) in [4.78, 5) is 57.6. The number of likely N-dealkylation sites (N-methyl/N-ethyl adjacent to an activating group) is 3. The van der Waals surface area contributed by atoms with E-state index in [1.165, 1.54) is 36.4 Å². The number of nitrogens with zero attached hydrogens (tertiary/aromatic N) is 6. The average molecular weight is 1330 g/mol. The van der Waals surface area contributed by atoms with E-state index < -0.39 is 79.1 Å². The number of benzene rings is 6. The highest BCUT2D eigenvalue weighted by Crippen LogP contribution is 2.50. The Hall–Kier alpha value is -9.07. The highest BCUT2D eigenvalue weighted by molar-refractivity contribution is 7.48. The number of pyridine rings is 3. The van der Waals surface area contributed by atoms with E-state index in [-0.39, 0.29) is 132 Å². The normalized spacial score (nSPS) is 12.7. The maximum absolute atomic E-state index is 15.1. The Labute approximate surface area is 545 Å². The lowest BCUT2D eigenvalue weighted by molar-refractivity contribution is 0.0805. The molecular weight excluding hydrogens is 1260 g/mol. The van der Waals surface area contributed by atoms with Crippen LogP contribution in [0.5, 0.6) is 0 Å². The van der Waals surface area contributed by atoms with Gasteiger partial charge in [-0.05, 0) is 112 Å². The van der Waals surface area contributed by atoms with E-state index in [0.29, 0.717) is 0 Å². The molecule has 0 aliphatic heterocycles. The van der Waals surface area contributed by atoms with Gasteiger partial charge in [-0.1, -0.05) is 109 Å². The van der Waals surface area contributed by atoms with Crippen molar-refractivity contribution in [3.05, 3.63) is 216 Å². The van der Waals surface area contributed by atoms with E-state index in [0.717, 1.165) is 50.5 Å². The van der Waals surface area contributed by atoms with Gasteiger partial charge < -0.3 is 14.2 Å². The third-order valence-electron chi connectivity index (χ3n) is 15.8. The third-order valence-corrected chi connectivity index (χ3v) is 17.3. The molecule has 0 saturated carbocycles. The first kappa shape index (κ1) is 70.3. The van der Waals surface area contributed by atoms with Crippen LogP contribution in [0.25, 0.3) is 32.3 Å². The average Bonchev–Trinajstić information content (AvgIpc) is 1.19. The number of anilines is 3. The van der Waals surface area contributed by atoms with Crippen molar-refractivity contribution in [1.82, 2.24) is 29.7 Å². The number of fused-ring (bicyclic) bond motifs is 3. The van der Waals surface area contributed by atoms with E-state index in [2.05, 4.69) is 30.9 Å². The summed E-state index contributed by atoms with van der Waals surface area (Å²) in [7, 11) is 0.352. The Bertz CT molecular complexity index is 3720. The maximum atomic E-state index is 15.1. The highest BCUT2D eigenvalue weighted by atomic mass is 31.2. The van der Waals surface area contributed by atoms with Gasteiger partial charge in [0.25, 0.3) is 0 Å². The lowest BCUT2D eigenvalue weighted by atomic mass is 10.1. The molecule has 19 nitrogen and oxygen atoms in total. The smallest absolute Gasteiger partial charge is 0.448 e. The van der Waals surface area contributed by atoms with Crippen LogP contribution in [-0.2, 0) is 52.0 Å². The predicted octanol–water partition coefficient (Wildman–Crippen LogP) is 15.2. The molecule has 0 spiro atoms. The van der Waals surface area contributed by atoms with E-state index in [9.17, 15) is 32.1 Å². The first-order chi connectivity index (χ1) is 45.9. The van der Waals surface area contributed by atoms with Gasteiger partial charge >= 0.3 is 26.1 Å². The molecule has 0 aliphatic rings. The fourth-order valence-electron chi connectivity index (χ4n) is 10.5. The zero-order valence-corrected chi connectivity index (χ0v) is 53.3. The molecule has 3 amide bonds. The van der Waals surface area contributed by atoms with Crippen molar-refractivity contribution in [2.45, 2.75) is 76.3 Å². The van der Waals surface area contributed by atoms with Crippen LogP contribution >= 0.6 is 7.82 Å². The quantitative estimate of drug-likeness (QED) is 0.0151. The summed E-state index contributed by atoms with van der Waals surface area (Å²) in [5.41, 5.74) is 0.112. The molecule has 3 N–H and O–H groups in total. The van der Waals surface area contributed by atoms with Crippen LogP contribution in [-0.4, -0.2) is 127 Å². The zero-order chi connectivity index (χ0) is 67.3. The Morgan fingerprint density at radius 1 is 0.411 bits per heavy atom. The molecule has 0 radical (unpaired) electrons. The number of carbonyl (C=O) groups is 3. The number of hydrogen-bond acceptors (Lipinski definition) is 16. The lowest BCUT2D eigenvalue weighted by Crippen LogP contribution is -2.37. The highest BCUT2D eigenvalue weighted by Gasteiger charge is 2.30. The van der Waals surface area contributed by atoms with Crippen molar-refractivity contribution >= 4 is 75.9 Å². The van der Waals surface area contributed by atoms with Crippen LogP contribution in [0.15, 0.2) is 164 Å². The van der Waals surface area contributed by atoms with Gasteiger partial charge in [-0.25, -0.2) is 60.2 Å². The van der Waals surface area contributed by atoms with Gasteiger partial charge in [0, 0.05) is 89.2 Å². The molecule has 0 bridgehead atoms. The summed E-state index contributed by atoms with van der Waals surface area (Å²) in [6.07, 6.45) is 3.14. The monoisotopic (exact) mass is 1330 g/mol. The Balaban J connectivity index is 0.886. The van der Waals surface area contributed by atoms with Crippen LogP contribution < -0.4 is 16.0 Å². The summed E-state index contributed by atoms with van der Waals surface area (Å²) in [5, 5.41) is 12.9. The minimum Gasteiger partial charge on any atom is -0.448 e. The summed E-state index contributed by atoms with van der Waals surface area (Å²) < 4.78 is 138. The summed E-state index contributed by atoms with van der Waals surface area (Å²) in [6.45, 7) is -1.90. The number of phosphoric ester groups is 1. The van der Waals surface area contributed by atoms with Crippen LogP contribution in [0.3, 0.4) is 0 Å². The van der Waals surface area contributed by atoms with Crippen molar-refractivity contribution in [3.8, 4) is 0 Å². The van der Waals surface area contributed by atoms with Crippen molar-refractivity contribution < 1.29 is 73.1 Å². The second-order valence-corrected chi connectivity index (χ2v) is 24.3. The predicted molar refractivity (Wildman–Crippen MR) is 348 cm³/mol. The molecule has 0 unspecified atom stereocenters. The summed E-state index contributed by atoms with van der Waals surface area (Å²) in [6, 6.07) is 36.7. The van der Waals surface area contributed by atoms with Crippen LogP contribution in [0.1, 0.15) is 55.2 Å². The van der Waals surface area contributed by atoms with Gasteiger partial charge in [-0.2, -0.15) is 0 Å². The number of phosphoric acid groups is 1. The van der Waals surface area contributed by atoms with E-state index in [4.69, 9.17) is 27.8 Å². The molecule has 26 heteroatoms. The fraction of sp³-hybridized carbons (Fsp3) is 0.304. The molecular formula is C69H72F6N9O10P. The number of carbonyl (C=O) groups excluding carboxylic acids is 3. The number of rotatable bonds is 33. The second-order valence-electron chi connectivity index (χ2n) is 22.6. The molecule has 9 aromatic rings. The molecule has 9 rings (SSSR count). The Kier molecular flexibility index (Phi) is 25.4. The summed E-state index contributed by atoms with van der Waals surface area (Å²) >= 11 is 0. The topological polar surface area (TPSA) is 208 Å². The molecule has 3 atom stereocenters. The maximum Gasteiger partial charge on any atom is 0.474 e. The molecule has 0 saturated heterocycles. The Morgan fingerprint density at radius 3 is 0.968 bits per heavy atom. The van der Waals surface area contributed by atoms with E-state index in [1.807, 2.05) is 72.8 Å². The van der Waals surface area contributed by atoms with Gasteiger partial charge in [0.2, 0.25) is 0 Å². The molecule has 95 heavy (non-hydrogen) atoms. The second kappa shape index (κ2) is 34.4. The minimum atomic E-state index is -4.56. The number of nitrogens with one attached hydrogen (secondary N) is 3. The van der Waals surface area contributed by atoms with Gasteiger partial charge in [0.05, 0.1) is 19.8 Å². The zero-order valence-electron chi connectivity index (χ0n) is 52.4. The lowest BCUT2D eigenvalue weighted by Gasteiger charge is -2.29. The third kappa shape index (κ3) is 20.7. The SMILES string of the molecule is CN(Cc1cccc(F)c1F)[C@@H](CCCOP(=O)(OCCC[C@@H](COC(=O)Nc1cc2ccccc2cn1)N(C)Cc1cccc(F)c1F)OCCC[C@@H](COC(=O)Nc1cc2ccccc2cn1)N(C)Cc1cccc(F)c1F)COC(=O)Nc1cc2ccccc2cn1. The minimum absolute atomic E-state index is 0.0373. The first-order valence-corrected chi connectivity index (χ1v) is 32.1. The van der Waals surface area contributed by atoms with Crippen molar-refractivity contribution in [2.75, 3.05) is 76.7 Å². The number of hydrogen-bond donors (Lipinski definition) is 3. The van der Waals surface area contributed by atoms with E-state index >= 15 is 13.2 Å². The molecule has 500 valence electrons. The number of halogens is 6. The summed E-state index contributed by atoms with van der Waals surface area (Å²) in [5.74, 6) is -5.59. The fourth-order valence-corrected chi connectivity index (χ4v) is 11.8. The van der Waals surface area contributed by atoms with Crippen LogP contribution in [0, 0.1) is 34.9 Å². The molecule has 0 aliphatic carbocycles. The number of aromatic nitrogens is 3. The van der Waals surface area contributed by atoms with Crippen molar-refractivity contribution in [3.63, 3.8) is 0 Å². The largest absolute Gasteiger partial charge is 0.474 e. The standard InChI is InChI=1S/C69H72F6N9O10P/c1-82(40-52-22-10-28-58(70)64(52)73)55(43-89-67(85)79-61-34-46-16-4-7-19-49(46)37-76-61)25-13-31-92-95(88,93-32-14-26-56(83(2)41-53-23-11-29-59(71)65(53)74)44-90-68(86)80-62-35-47-17-5-8-20-50(47)38-77-62)94-33-15-27-57(84(3)42-54-24-12-30-60(72)66(54)75)45-91-69(87)81-63-36-48-18-6-9-21-51(48)39-78-63/h4-12,16-24,28-30,34-39,55-57H,13-15,25-27,31-33,40-45H2,1-3H3,(H,76,79,85)(H,77,80,86)(H,78,81,87)/t55-,56-,57-/m0/s1. The van der Waals surface area contributed by atoms with Crippen LogP contribution in [0.2, 0.25) is 0 Å². The first-order valence-electron chi connectivity index (χ1n) is 30.7.